The molecule has 3 rings (SSSR count). The van der Waals surface area contributed by atoms with Crippen molar-refractivity contribution in [2.45, 2.75) is 23.7 Å². The molecule has 2 aromatic rings. The summed E-state index contributed by atoms with van der Waals surface area (Å²) in [5, 5.41) is 0. The van der Waals surface area contributed by atoms with Gasteiger partial charge in [-0.25, -0.2) is 8.42 Å². The Bertz CT molecular complexity index is 776. The van der Waals surface area contributed by atoms with Crippen LogP contribution in [0.3, 0.4) is 0 Å². The first kappa shape index (κ1) is 15.9. The van der Waals surface area contributed by atoms with Crippen LogP contribution >= 0.6 is 27.3 Å². The first-order valence-corrected chi connectivity index (χ1v) is 9.84. The third kappa shape index (κ3) is 3.19. The zero-order chi connectivity index (χ0) is 15.7. The van der Waals surface area contributed by atoms with E-state index in [1.807, 2.05) is 13.0 Å². The topological polar surface area (TPSA) is 59.5 Å². The lowest BCUT2D eigenvalue weighted by molar-refractivity contribution is 0.214. The van der Waals surface area contributed by atoms with Gasteiger partial charge < -0.3 is 4.74 Å². The summed E-state index contributed by atoms with van der Waals surface area (Å²) < 4.78 is 33.7. The van der Waals surface area contributed by atoms with Crippen molar-refractivity contribution >= 4 is 37.3 Å². The Hall–Kier alpha value is -0.960. The predicted octanol–water partition coefficient (Wildman–Crippen LogP) is 3.06. The van der Waals surface area contributed by atoms with E-state index in [0.717, 1.165) is 9.35 Å². The van der Waals surface area contributed by atoms with E-state index in [2.05, 4.69) is 20.9 Å². The van der Waals surface area contributed by atoms with E-state index >= 15 is 0 Å². The fourth-order valence-electron chi connectivity index (χ4n) is 2.33. The summed E-state index contributed by atoms with van der Waals surface area (Å²) in [6, 6.07) is 5.27. The molecule has 22 heavy (non-hydrogen) atoms. The van der Waals surface area contributed by atoms with Crippen LogP contribution in [0.2, 0.25) is 0 Å². The van der Waals surface area contributed by atoms with Crippen LogP contribution in [0, 0.1) is 6.92 Å². The Morgan fingerprint density at radius 2 is 2.23 bits per heavy atom. The number of hydrogen-bond donors (Lipinski definition) is 0. The van der Waals surface area contributed by atoms with Crippen LogP contribution in [0.1, 0.15) is 11.3 Å². The van der Waals surface area contributed by atoms with Crippen LogP contribution in [-0.2, 0) is 10.0 Å². The van der Waals surface area contributed by atoms with Gasteiger partial charge >= 0.3 is 0 Å². The highest BCUT2D eigenvalue weighted by molar-refractivity contribution is 9.10. The number of hydrogen-bond acceptors (Lipinski definition) is 5. The number of aromatic nitrogens is 1. The minimum atomic E-state index is -3.41. The molecule has 0 saturated carbocycles. The molecule has 0 aromatic carbocycles. The van der Waals surface area contributed by atoms with E-state index in [9.17, 15) is 8.42 Å². The average Bonchev–Trinajstić information content (AvgIpc) is 3.11. The van der Waals surface area contributed by atoms with Crippen molar-refractivity contribution in [3.63, 3.8) is 0 Å². The van der Waals surface area contributed by atoms with Gasteiger partial charge in [0.25, 0.3) is 10.0 Å². The van der Waals surface area contributed by atoms with Gasteiger partial charge in [0.15, 0.2) is 0 Å². The summed E-state index contributed by atoms with van der Waals surface area (Å²) in [5.74, 6) is 0.686. The van der Waals surface area contributed by atoms with Gasteiger partial charge in [-0.3, -0.25) is 4.98 Å². The first-order valence-electron chi connectivity index (χ1n) is 6.79. The van der Waals surface area contributed by atoms with Crippen LogP contribution in [-0.4, -0.2) is 36.9 Å². The summed E-state index contributed by atoms with van der Waals surface area (Å²) in [6.45, 7) is 2.75. The predicted molar refractivity (Wildman–Crippen MR) is 88.8 cm³/mol. The minimum Gasteiger partial charge on any atom is -0.488 e. The van der Waals surface area contributed by atoms with Crippen molar-refractivity contribution in [1.29, 1.82) is 0 Å². The number of sulfonamides is 1. The quantitative estimate of drug-likeness (QED) is 0.788. The van der Waals surface area contributed by atoms with Gasteiger partial charge in [-0.2, -0.15) is 4.31 Å². The molecule has 118 valence electrons. The summed E-state index contributed by atoms with van der Waals surface area (Å²) in [7, 11) is -3.41. The van der Waals surface area contributed by atoms with Crippen molar-refractivity contribution in [2.75, 3.05) is 13.1 Å². The molecule has 1 aliphatic heterocycles. The number of aryl methyl sites for hydroxylation is 1. The van der Waals surface area contributed by atoms with Crippen molar-refractivity contribution in [3.05, 3.63) is 39.9 Å². The van der Waals surface area contributed by atoms with Crippen molar-refractivity contribution in [3.8, 4) is 5.75 Å². The fourth-order valence-corrected chi connectivity index (χ4v) is 5.60. The maximum absolute atomic E-state index is 12.6. The van der Waals surface area contributed by atoms with Gasteiger partial charge in [0.1, 0.15) is 16.1 Å². The van der Waals surface area contributed by atoms with Crippen LogP contribution < -0.4 is 4.74 Å². The molecule has 8 heteroatoms. The molecular formula is C14H15BrN2O3S2. The number of halogens is 1. The molecule has 0 radical (unpaired) electrons. The van der Waals surface area contributed by atoms with Gasteiger partial charge in [0.05, 0.1) is 11.0 Å². The van der Waals surface area contributed by atoms with E-state index < -0.39 is 10.0 Å². The smallest absolute Gasteiger partial charge is 0.252 e. The third-order valence-electron chi connectivity index (χ3n) is 3.45. The third-order valence-corrected chi connectivity index (χ3v) is 7.38. The molecule has 2 aromatic heterocycles. The monoisotopic (exact) mass is 402 g/mol. The Morgan fingerprint density at radius 1 is 1.41 bits per heavy atom. The minimum absolute atomic E-state index is 0.144. The normalized spacial score (nSPS) is 19.5. The fraction of sp³-hybridized carbons (Fsp3) is 0.357. The molecular weight excluding hydrogens is 388 g/mol. The number of pyridine rings is 1. The molecule has 1 saturated heterocycles. The summed E-state index contributed by atoms with van der Waals surface area (Å²) in [4.78, 5) is 4.98. The second-order valence-electron chi connectivity index (χ2n) is 5.06. The highest BCUT2D eigenvalue weighted by atomic mass is 79.9. The van der Waals surface area contributed by atoms with Gasteiger partial charge in [0, 0.05) is 23.8 Å². The SMILES string of the molecule is Cc1ccc(S(=O)(=O)N2CCC(Oc3ccncc3Br)C2)s1. The number of ether oxygens (including phenoxy) is 1. The van der Waals surface area contributed by atoms with Crippen molar-refractivity contribution < 1.29 is 13.2 Å². The molecule has 3 heterocycles. The Balaban J connectivity index is 1.71. The summed E-state index contributed by atoms with van der Waals surface area (Å²) in [5.41, 5.74) is 0. The van der Waals surface area contributed by atoms with E-state index in [0.29, 0.717) is 29.5 Å². The van der Waals surface area contributed by atoms with E-state index in [1.54, 1.807) is 24.5 Å². The largest absolute Gasteiger partial charge is 0.488 e. The van der Waals surface area contributed by atoms with Gasteiger partial charge in [-0.1, -0.05) is 0 Å². The van der Waals surface area contributed by atoms with Gasteiger partial charge in [-0.05, 0) is 47.5 Å². The van der Waals surface area contributed by atoms with E-state index in [-0.39, 0.29) is 6.10 Å². The van der Waals surface area contributed by atoms with E-state index in [4.69, 9.17) is 4.74 Å². The standard InChI is InChI=1S/C14H15BrN2O3S2/c1-10-2-3-14(21-10)22(18,19)17-7-5-11(9-17)20-13-4-6-16-8-12(13)15/h2-4,6,8,11H,5,7,9H2,1H3. The van der Waals surface area contributed by atoms with Crippen LogP contribution in [0.5, 0.6) is 5.75 Å². The molecule has 0 amide bonds. The Labute approximate surface area is 142 Å². The maximum atomic E-state index is 12.6. The molecule has 0 spiro atoms. The Morgan fingerprint density at radius 3 is 2.91 bits per heavy atom. The highest BCUT2D eigenvalue weighted by Crippen LogP contribution is 2.30. The van der Waals surface area contributed by atoms with Gasteiger partial charge in [0.2, 0.25) is 0 Å². The molecule has 0 N–H and O–H groups in total. The molecule has 1 atom stereocenters. The zero-order valence-electron chi connectivity index (χ0n) is 11.9. The maximum Gasteiger partial charge on any atom is 0.252 e. The Kier molecular flexibility index (Phi) is 4.54. The first-order chi connectivity index (χ1) is 10.5. The number of nitrogens with zero attached hydrogens (tertiary/aromatic N) is 2. The summed E-state index contributed by atoms with van der Waals surface area (Å²) >= 11 is 4.68. The van der Waals surface area contributed by atoms with Crippen LogP contribution in [0.25, 0.3) is 0 Å². The van der Waals surface area contributed by atoms with Gasteiger partial charge in [-0.15, -0.1) is 11.3 Å². The number of thiophene rings is 1. The molecule has 1 aliphatic rings. The molecule has 1 fully saturated rings. The molecule has 1 unspecified atom stereocenters. The highest BCUT2D eigenvalue weighted by Gasteiger charge is 2.34. The second kappa shape index (κ2) is 6.27. The van der Waals surface area contributed by atoms with Crippen LogP contribution in [0.4, 0.5) is 0 Å². The van der Waals surface area contributed by atoms with Crippen LogP contribution in [0.15, 0.2) is 39.3 Å². The average molecular weight is 403 g/mol. The lowest BCUT2D eigenvalue weighted by Crippen LogP contribution is -2.30. The van der Waals surface area contributed by atoms with Crippen molar-refractivity contribution in [1.82, 2.24) is 9.29 Å². The number of rotatable bonds is 4. The second-order valence-corrected chi connectivity index (χ2v) is 9.37. The lowest BCUT2D eigenvalue weighted by atomic mass is 10.3. The summed E-state index contributed by atoms with van der Waals surface area (Å²) in [6.07, 6.45) is 3.85. The molecule has 0 bridgehead atoms. The van der Waals surface area contributed by atoms with E-state index in [1.165, 1.54) is 15.6 Å². The molecule has 5 nitrogen and oxygen atoms in total. The molecule has 0 aliphatic carbocycles. The zero-order valence-corrected chi connectivity index (χ0v) is 15.1. The van der Waals surface area contributed by atoms with Crippen molar-refractivity contribution in [2.24, 2.45) is 0 Å². The lowest BCUT2D eigenvalue weighted by Gasteiger charge is -2.17.